The van der Waals surface area contributed by atoms with Gasteiger partial charge >= 0.3 is 0 Å². The number of benzene rings is 2. The van der Waals surface area contributed by atoms with Crippen molar-refractivity contribution >= 4 is 34.7 Å². The van der Waals surface area contributed by atoms with Crippen molar-refractivity contribution in [3.63, 3.8) is 0 Å². The molecule has 5 nitrogen and oxygen atoms in total. The summed E-state index contributed by atoms with van der Waals surface area (Å²) < 4.78 is 5.10. The molecule has 0 unspecified atom stereocenters. The van der Waals surface area contributed by atoms with Gasteiger partial charge in [0.25, 0.3) is 5.91 Å². The maximum atomic E-state index is 12.4. The Bertz CT molecular complexity index is 865. The lowest BCUT2D eigenvalue weighted by atomic mass is 10.2. The molecule has 0 fully saturated rings. The molecular weight excluding hydrogens is 338 g/mol. The number of aromatic nitrogens is 1. The number of nitrogens with one attached hydrogen (secondary N) is 2. The first kappa shape index (κ1) is 16.8. The monoisotopic (exact) mass is 353 g/mol. The van der Waals surface area contributed by atoms with Crippen molar-refractivity contribution in [1.82, 2.24) is 4.98 Å². The van der Waals surface area contributed by atoms with Gasteiger partial charge in [-0.15, -0.1) is 0 Å². The van der Waals surface area contributed by atoms with Crippen molar-refractivity contribution in [3.8, 4) is 5.75 Å². The van der Waals surface area contributed by atoms with Gasteiger partial charge in [-0.2, -0.15) is 0 Å². The molecule has 1 aromatic heterocycles. The largest absolute Gasteiger partial charge is 0.497 e. The molecule has 126 valence electrons. The van der Waals surface area contributed by atoms with E-state index in [9.17, 15) is 4.79 Å². The van der Waals surface area contributed by atoms with E-state index >= 15 is 0 Å². The Hall–Kier alpha value is -3.05. The minimum Gasteiger partial charge on any atom is -0.497 e. The molecule has 0 saturated heterocycles. The summed E-state index contributed by atoms with van der Waals surface area (Å²) in [5, 5.41) is 6.64. The molecule has 6 heteroatoms. The highest BCUT2D eigenvalue weighted by molar-refractivity contribution is 6.30. The Morgan fingerprint density at radius 3 is 2.36 bits per heavy atom. The van der Waals surface area contributed by atoms with E-state index in [1.165, 1.54) is 0 Å². The smallest absolute Gasteiger partial charge is 0.255 e. The molecule has 25 heavy (non-hydrogen) atoms. The number of anilines is 3. The van der Waals surface area contributed by atoms with E-state index in [4.69, 9.17) is 16.3 Å². The lowest BCUT2D eigenvalue weighted by Gasteiger charge is -2.09. The molecule has 2 N–H and O–H groups in total. The molecule has 0 aliphatic rings. The Morgan fingerprint density at radius 1 is 1.00 bits per heavy atom. The molecule has 0 aliphatic carbocycles. The van der Waals surface area contributed by atoms with Crippen LogP contribution in [0.25, 0.3) is 0 Å². The maximum Gasteiger partial charge on any atom is 0.255 e. The number of pyridine rings is 1. The molecule has 2 aromatic carbocycles. The quantitative estimate of drug-likeness (QED) is 0.695. The highest BCUT2D eigenvalue weighted by Gasteiger charge is 2.08. The van der Waals surface area contributed by atoms with Crippen LogP contribution in [0.5, 0.6) is 5.75 Å². The Balaban J connectivity index is 1.71. The number of carbonyl (C=O) groups is 1. The summed E-state index contributed by atoms with van der Waals surface area (Å²) in [6, 6.07) is 17.7. The van der Waals surface area contributed by atoms with E-state index in [1.54, 1.807) is 61.8 Å². The SMILES string of the molecule is COc1ccc(NC(=O)c2ccnc(Nc3ccc(Cl)cc3)c2)cc1. The summed E-state index contributed by atoms with van der Waals surface area (Å²) in [6.07, 6.45) is 1.58. The fourth-order valence-corrected chi connectivity index (χ4v) is 2.32. The second-order valence-electron chi connectivity index (χ2n) is 5.24. The van der Waals surface area contributed by atoms with Crippen LogP contribution in [0.3, 0.4) is 0 Å². The standard InChI is InChI=1S/C19H16ClN3O2/c1-25-17-8-6-16(7-9-17)23-19(24)13-10-11-21-18(12-13)22-15-4-2-14(20)3-5-15/h2-12H,1H3,(H,21,22)(H,23,24). The van der Waals surface area contributed by atoms with Crippen molar-refractivity contribution in [1.29, 1.82) is 0 Å². The van der Waals surface area contributed by atoms with Crippen molar-refractivity contribution in [2.24, 2.45) is 0 Å². The molecule has 0 radical (unpaired) electrons. The average molecular weight is 354 g/mol. The first-order valence-corrected chi connectivity index (χ1v) is 7.96. The summed E-state index contributed by atoms with van der Waals surface area (Å²) in [5.74, 6) is 1.09. The predicted molar refractivity (Wildman–Crippen MR) is 99.9 cm³/mol. The zero-order valence-electron chi connectivity index (χ0n) is 13.5. The molecule has 0 spiro atoms. The summed E-state index contributed by atoms with van der Waals surface area (Å²) in [7, 11) is 1.60. The van der Waals surface area contributed by atoms with Crippen LogP contribution in [0, 0.1) is 0 Å². The number of nitrogens with zero attached hydrogens (tertiary/aromatic N) is 1. The van der Waals surface area contributed by atoms with Crippen LogP contribution in [-0.2, 0) is 0 Å². The van der Waals surface area contributed by atoms with Gasteiger partial charge in [0.05, 0.1) is 7.11 Å². The summed E-state index contributed by atoms with van der Waals surface area (Å²) in [4.78, 5) is 16.6. The van der Waals surface area contributed by atoms with Crippen molar-refractivity contribution in [2.45, 2.75) is 0 Å². The highest BCUT2D eigenvalue weighted by Crippen LogP contribution is 2.19. The Labute approximate surface area is 150 Å². The molecule has 0 aliphatic heterocycles. The fourth-order valence-electron chi connectivity index (χ4n) is 2.20. The number of hydrogen-bond acceptors (Lipinski definition) is 4. The number of halogens is 1. The van der Waals surface area contributed by atoms with E-state index < -0.39 is 0 Å². The number of methoxy groups -OCH3 is 1. The van der Waals surface area contributed by atoms with Crippen LogP contribution >= 0.6 is 11.6 Å². The zero-order valence-corrected chi connectivity index (χ0v) is 14.2. The number of ether oxygens (including phenoxy) is 1. The Kier molecular flexibility index (Phi) is 5.16. The van der Waals surface area contributed by atoms with Crippen LogP contribution < -0.4 is 15.4 Å². The number of carbonyl (C=O) groups excluding carboxylic acids is 1. The first-order valence-electron chi connectivity index (χ1n) is 7.58. The van der Waals surface area contributed by atoms with Crippen LogP contribution in [0.1, 0.15) is 10.4 Å². The maximum absolute atomic E-state index is 12.4. The van der Waals surface area contributed by atoms with Gasteiger partial charge in [0.2, 0.25) is 0 Å². The van der Waals surface area contributed by atoms with E-state index in [-0.39, 0.29) is 5.91 Å². The topological polar surface area (TPSA) is 63.2 Å². The van der Waals surface area contributed by atoms with E-state index in [0.29, 0.717) is 22.1 Å². The minimum absolute atomic E-state index is 0.216. The molecule has 1 amide bonds. The third-order valence-electron chi connectivity index (χ3n) is 3.49. The molecule has 0 atom stereocenters. The van der Waals surface area contributed by atoms with Gasteiger partial charge in [0, 0.05) is 28.2 Å². The zero-order chi connectivity index (χ0) is 17.6. The fraction of sp³-hybridized carbons (Fsp3) is 0.0526. The molecular formula is C19H16ClN3O2. The molecule has 3 aromatic rings. The number of amides is 1. The predicted octanol–water partition coefficient (Wildman–Crippen LogP) is 4.74. The summed E-state index contributed by atoms with van der Waals surface area (Å²) in [5.41, 5.74) is 2.03. The average Bonchev–Trinajstić information content (AvgIpc) is 2.64. The van der Waals surface area contributed by atoms with E-state index in [0.717, 1.165) is 11.4 Å². The van der Waals surface area contributed by atoms with Crippen LogP contribution in [0.2, 0.25) is 5.02 Å². The lowest BCUT2D eigenvalue weighted by molar-refractivity contribution is 0.102. The molecule has 0 saturated carbocycles. The number of hydrogen-bond donors (Lipinski definition) is 2. The third kappa shape index (κ3) is 4.49. The van der Waals surface area contributed by atoms with Gasteiger partial charge in [-0.05, 0) is 60.7 Å². The van der Waals surface area contributed by atoms with Gasteiger partial charge in [0.15, 0.2) is 0 Å². The van der Waals surface area contributed by atoms with Gasteiger partial charge in [0.1, 0.15) is 11.6 Å². The first-order chi connectivity index (χ1) is 12.1. The third-order valence-corrected chi connectivity index (χ3v) is 3.74. The van der Waals surface area contributed by atoms with Gasteiger partial charge < -0.3 is 15.4 Å². The van der Waals surface area contributed by atoms with Gasteiger partial charge in [-0.1, -0.05) is 11.6 Å². The number of rotatable bonds is 5. The van der Waals surface area contributed by atoms with Crippen molar-refractivity contribution in [2.75, 3.05) is 17.7 Å². The van der Waals surface area contributed by atoms with Gasteiger partial charge in [-0.3, -0.25) is 4.79 Å². The van der Waals surface area contributed by atoms with Gasteiger partial charge in [-0.25, -0.2) is 4.98 Å². The second kappa shape index (κ2) is 7.68. The summed E-state index contributed by atoms with van der Waals surface area (Å²) in [6.45, 7) is 0. The molecule has 1 heterocycles. The van der Waals surface area contributed by atoms with E-state index in [1.807, 2.05) is 12.1 Å². The van der Waals surface area contributed by atoms with Crippen molar-refractivity contribution in [3.05, 3.63) is 77.4 Å². The molecule has 3 rings (SSSR count). The summed E-state index contributed by atoms with van der Waals surface area (Å²) >= 11 is 5.87. The van der Waals surface area contributed by atoms with Crippen LogP contribution in [0.15, 0.2) is 66.9 Å². The van der Waals surface area contributed by atoms with Crippen LogP contribution in [-0.4, -0.2) is 18.0 Å². The van der Waals surface area contributed by atoms with Crippen molar-refractivity contribution < 1.29 is 9.53 Å². The van der Waals surface area contributed by atoms with Crippen LogP contribution in [0.4, 0.5) is 17.2 Å². The minimum atomic E-state index is -0.216. The van der Waals surface area contributed by atoms with E-state index in [2.05, 4.69) is 15.6 Å². The Morgan fingerprint density at radius 2 is 1.68 bits per heavy atom. The second-order valence-corrected chi connectivity index (χ2v) is 5.68. The molecule has 0 bridgehead atoms. The lowest BCUT2D eigenvalue weighted by Crippen LogP contribution is -2.12. The normalized spacial score (nSPS) is 10.2. The highest BCUT2D eigenvalue weighted by atomic mass is 35.5.